The number of sulfonamides is 1. The van der Waals surface area contributed by atoms with Gasteiger partial charge in [0, 0.05) is 70.2 Å². The quantitative estimate of drug-likeness (QED) is 0.270. The Bertz CT molecular complexity index is 1770. The molecule has 2 fully saturated rings. The molecule has 2 N–H and O–H groups in total. The van der Waals surface area contributed by atoms with Crippen LogP contribution in [-0.2, 0) is 14.8 Å². The van der Waals surface area contributed by atoms with Gasteiger partial charge in [-0.3, -0.25) is 9.21 Å². The van der Waals surface area contributed by atoms with Gasteiger partial charge in [0.1, 0.15) is 22.1 Å². The summed E-state index contributed by atoms with van der Waals surface area (Å²) < 4.78 is 42.5. The van der Waals surface area contributed by atoms with Crippen molar-refractivity contribution in [1.29, 1.82) is 0 Å². The number of nitrogens with zero attached hydrogens (tertiary/aromatic N) is 6. The van der Waals surface area contributed by atoms with Gasteiger partial charge in [-0.05, 0) is 57.9 Å². The minimum absolute atomic E-state index is 0.235. The van der Waals surface area contributed by atoms with Crippen molar-refractivity contribution in [2.45, 2.75) is 45.3 Å². The van der Waals surface area contributed by atoms with Gasteiger partial charge in [0.15, 0.2) is 5.82 Å². The molecule has 0 radical (unpaired) electrons. The highest BCUT2D eigenvalue weighted by Gasteiger charge is 2.31. The van der Waals surface area contributed by atoms with E-state index in [0.29, 0.717) is 47.7 Å². The maximum absolute atomic E-state index is 12.5. The second-order valence-corrected chi connectivity index (χ2v) is 15.8. The number of hydrogen-bond acceptors (Lipinski definition) is 12. The average Bonchev–Trinajstić information content (AvgIpc) is 3.08. The number of aromatic nitrogens is 2. The van der Waals surface area contributed by atoms with Crippen LogP contribution >= 0.6 is 11.6 Å². The summed E-state index contributed by atoms with van der Waals surface area (Å²) in [5.74, 6) is 1.67. The highest BCUT2D eigenvalue weighted by atomic mass is 35.5. The van der Waals surface area contributed by atoms with Crippen molar-refractivity contribution in [2.24, 2.45) is 0 Å². The third-order valence-corrected chi connectivity index (χ3v) is 10.3. The van der Waals surface area contributed by atoms with Gasteiger partial charge in [0.05, 0.1) is 43.7 Å². The Kier molecular flexibility index (Phi) is 11.4. The number of rotatable bonds is 10. The van der Waals surface area contributed by atoms with E-state index in [9.17, 15) is 13.2 Å². The van der Waals surface area contributed by atoms with Crippen molar-refractivity contribution in [3.63, 3.8) is 0 Å². The highest BCUT2D eigenvalue weighted by Crippen LogP contribution is 2.36. The van der Waals surface area contributed by atoms with Crippen LogP contribution in [-0.4, -0.2) is 113 Å². The monoisotopic (exact) mass is 730 g/mol. The largest absolute Gasteiger partial charge is 0.497 e. The number of carbonyl (C=O) groups excluding carboxylic acids is 1. The van der Waals surface area contributed by atoms with Gasteiger partial charge in [-0.15, -0.1) is 0 Å². The van der Waals surface area contributed by atoms with Crippen LogP contribution in [0.5, 0.6) is 11.5 Å². The molecule has 2 aromatic carbocycles. The normalized spacial score (nSPS) is 16.2. The molecule has 1 amide bonds. The molecule has 5 rings (SSSR count). The number of piperidine rings is 1. The second kappa shape index (κ2) is 15.4. The molecule has 50 heavy (non-hydrogen) atoms. The topological polar surface area (TPSA) is 142 Å². The van der Waals surface area contributed by atoms with Crippen LogP contribution < -0.4 is 29.3 Å². The number of methoxy groups -OCH3 is 2. The van der Waals surface area contributed by atoms with Crippen LogP contribution in [0, 0.1) is 0 Å². The number of hydrogen-bond donors (Lipinski definition) is 2. The standard InChI is InChI=1S/C34H47ClN8O6S/c1-34(2,3)49-33(44)43-18-16-42(17-19-43)23-12-14-41(15-13-23)24-8-10-28(30(20-24)48-6)38-32-36-22-26(35)31(39-32)37-27-11-9-25(47-5)21-29(27)40(4)50(7,45)46/h8-11,20-23H,12-19H2,1-7H3,(H2,36,37,38,39). The predicted octanol–water partition coefficient (Wildman–Crippen LogP) is 5.55. The molecule has 0 spiro atoms. The number of ether oxygens (including phenoxy) is 3. The first-order valence-electron chi connectivity index (χ1n) is 16.5. The number of piperazine rings is 1. The Morgan fingerprint density at radius 1 is 0.960 bits per heavy atom. The lowest BCUT2D eigenvalue weighted by Crippen LogP contribution is -2.55. The zero-order chi connectivity index (χ0) is 36.2. The molecule has 0 unspecified atom stereocenters. The first kappa shape index (κ1) is 37.1. The van der Waals surface area contributed by atoms with Gasteiger partial charge >= 0.3 is 6.09 Å². The van der Waals surface area contributed by atoms with Gasteiger partial charge in [-0.25, -0.2) is 18.2 Å². The number of anilines is 6. The first-order chi connectivity index (χ1) is 23.6. The van der Waals surface area contributed by atoms with Crippen LogP contribution in [0.1, 0.15) is 33.6 Å². The van der Waals surface area contributed by atoms with Crippen LogP contribution in [0.15, 0.2) is 42.6 Å². The van der Waals surface area contributed by atoms with E-state index in [0.717, 1.165) is 55.3 Å². The molecule has 2 saturated heterocycles. The molecule has 16 heteroatoms. The van der Waals surface area contributed by atoms with Crippen molar-refractivity contribution >= 4 is 62.2 Å². The third-order valence-electron chi connectivity index (χ3n) is 8.78. The molecule has 14 nitrogen and oxygen atoms in total. The summed E-state index contributed by atoms with van der Waals surface area (Å²) in [5.41, 5.74) is 2.05. The summed E-state index contributed by atoms with van der Waals surface area (Å²) in [7, 11) is 1.02. The van der Waals surface area contributed by atoms with Crippen LogP contribution in [0.25, 0.3) is 0 Å². The number of amides is 1. The van der Waals surface area contributed by atoms with Gasteiger partial charge in [0.2, 0.25) is 16.0 Å². The summed E-state index contributed by atoms with van der Waals surface area (Å²) in [6.45, 7) is 10.5. The fraction of sp³-hybridized carbons (Fsp3) is 0.500. The van der Waals surface area contributed by atoms with Crippen LogP contribution in [0.3, 0.4) is 0 Å². The highest BCUT2D eigenvalue weighted by molar-refractivity contribution is 7.92. The van der Waals surface area contributed by atoms with Crippen LogP contribution in [0.2, 0.25) is 5.02 Å². The molecular formula is C34H47ClN8O6S. The zero-order valence-electron chi connectivity index (χ0n) is 29.7. The van der Waals surface area contributed by atoms with Crippen molar-refractivity contribution in [3.05, 3.63) is 47.6 Å². The van der Waals surface area contributed by atoms with Gasteiger partial charge in [-0.1, -0.05) is 11.6 Å². The van der Waals surface area contributed by atoms with E-state index in [4.69, 9.17) is 25.8 Å². The van der Waals surface area contributed by atoms with Crippen molar-refractivity contribution in [2.75, 3.05) is 86.6 Å². The number of halogens is 1. The average molecular weight is 731 g/mol. The fourth-order valence-corrected chi connectivity index (χ4v) is 6.66. The Morgan fingerprint density at radius 2 is 1.64 bits per heavy atom. The Hall–Kier alpha value is -4.21. The number of carbonyl (C=O) groups is 1. The molecule has 3 heterocycles. The molecular weight excluding hydrogens is 684 g/mol. The van der Waals surface area contributed by atoms with E-state index >= 15 is 0 Å². The molecule has 0 atom stereocenters. The maximum atomic E-state index is 12.5. The molecule has 272 valence electrons. The molecule has 0 saturated carbocycles. The molecule has 1 aromatic heterocycles. The van der Waals surface area contributed by atoms with Gasteiger partial charge in [-0.2, -0.15) is 4.98 Å². The Morgan fingerprint density at radius 3 is 2.26 bits per heavy atom. The fourth-order valence-electron chi connectivity index (χ4n) is 6.01. The summed E-state index contributed by atoms with van der Waals surface area (Å²) in [4.78, 5) is 28.1. The van der Waals surface area contributed by atoms with E-state index in [-0.39, 0.29) is 22.9 Å². The second-order valence-electron chi connectivity index (χ2n) is 13.4. The molecule has 0 aliphatic carbocycles. The van der Waals surface area contributed by atoms with E-state index < -0.39 is 15.6 Å². The van der Waals surface area contributed by atoms with Crippen molar-refractivity contribution in [1.82, 2.24) is 19.8 Å². The van der Waals surface area contributed by atoms with Gasteiger partial charge < -0.3 is 34.6 Å². The smallest absolute Gasteiger partial charge is 0.410 e. The summed E-state index contributed by atoms with van der Waals surface area (Å²) in [6, 6.07) is 11.5. The predicted molar refractivity (Wildman–Crippen MR) is 197 cm³/mol. The first-order valence-corrected chi connectivity index (χ1v) is 18.7. The SMILES string of the molecule is COc1ccc(Nc2nc(Nc3ccc(N4CCC(N5CCN(C(=O)OC(C)(C)C)CC5)CC4)cc3OC)ncc2Cl)c(N(C)S(C)(=O)=O)c1. The van der Waals surface area contributed by atoms with Gasteiger partial charge in [0.25, 0.3) is 0 Å². The molecule has 2 aliphatic heterocycles. The van der Waals surface area contributed by atoms with Crippen molar-refractivity contribution < 1.29 is 27.4 Å². The zero-order valence-corrected chi connectivity index (χ0v) is 31.3. The summed E-state index contributed by atoms with van der Waals surface area (Å²) in [5, 5.41) is 6.62. The van der Waals surface area contributed by atoms with Crippen LogP contribution in [0.4, 0.5) is 39.3 Å². The third kappa shape index (κ3) is 9.11. The molecule has 3 aromatic rings. The molecule has 2 aliphatic rings. The van der Waals surface area contributed by atoms with E-state index in [1.54, 1.807) is 25.3 Å². The number of benzene rings is 2. The lowest BCUT2D eigenvalue weighted by molar-refractivity contribution is 0.00901. The lowest BCUT2D eigenvalue weighted by Gasteiger charge is -2.43. The molecule has 0 bridgehead atoms. The maximum Gasteiger partial charge on any atom is 0.410 e. The van der Waals surface area contributed by atoms with E-state index in [1.807, 2.05) is 43.9 Å². The number of nitrogens with one attached hydrogen (secondary N) is 2. The Balaban J connectivity index is 1.22. The minimum atomic E-state index is -3.57. The van der Waals surface area contributed by atoms with E-state index in [1.165, 1.54) is 20.4 Å². The minimum Gasteiger partial charge on any atom is -0.497 e. The van der Waals surface area contributed by atoms with Crippen molar-refractivity contribution in [3.8, 4) is 11.5 Å². The summed E-state index contributed by atoms with van der Waals surface area (Å²) in [6.07, 6.45) is 4.40. The Labute approximate surface area is 299 Å². The summed E-state index contributed by atoms with van der Waals surface area (Å²) >= 11 is 6.47. The lowest BCUT2D eigenvalue weighted by atomic mass is 10.0. The van der Waals surface area contributed by atoms with E-state index in [2.05, 4.69) is 30.4 Å².